The Morgan fingerprint density at radius 1 is 1.12 bits per heavy atom. The van der Waals surface area contributed by atoms with Gasteiger partial charge in [0.05, 0.1) is 6.61 Å². The summed E-state index contributed by atoms with van der Waals surface area (Å²) in [6, 6.07) is 7.04. The van der Waals surface area contributed by atoms with Gasteiger partial charge in [-0.05, 0) is 65.5 Å². The maximum absolute atomic E-state index is 13.5. The maximum atomic E-state index is 13.5. The summed E-state index contributed by atoms with van der Waals surface area (Å²) in [5.41, 5.74) is 4.65. The molecule has 25 heavy (non-hydrogen) atoms. The Bertz CT molecular complexity index is 763. The van der Waals surface area contributed by atoms with Crippen molar-refractivity contribution in [1.29, 1.82) is 0 Å². The van der Waals surface area contributed by atoms with Crippen molar-refractivity contribution >= 4 is 23.2 Å². The summed E-state index contributed by atoms with van der Waals surface area (Å²) in [5, 5.41) is 0.780. The molecule has 1 aliphatic rings. The third kappa shape index (κ3) is 3.80. The van der Waals surface area contributed by atoms with E-state index >= 15 is 0 Å². The summed E-state index contributed by atoms with van der Waals surface area (Å²) in [6.07, 6.45) is 2.87. The van der Waals surface area contributed by atoms with Crippen LogP contribution in [0.2, 0.25) is 10.0 Å². The zero-order valence-corrected chi connectivity index (χ0v) is 16.3. The van der Waals surface area contributed by atoms with Crippen LogP contribution in [0.25, 0.3) is 0 Å². The third-order valence-corrected chi connectivity index (χ3v) is 5.52. The minimum Gasteiger partial charge on any atom is -0.493 e. The molecule has 2 aromatic rings. The second-order valence-electron chi connectivity index (χ2n) is 7.12. The highest BCUT2D eigenvalue weighted by atomic mass is 35.5. The Hall–Kier alpha value is -1.25. The van der Waals surface area contributed by atoms with Crippen LogP contribution in [0, 0.1) is 5.82 Å². The van der Waals surface area contributed by atoms with E-state index in [-0.39, 0.29) is 5.92 Å². The van der Waals surface area contributed by atoms with Gasteiger partial charge in [0.2, 0.25) is 0 Å². The van der Waals surface area contributed by atoms with Gasteiger partial charge in [-0.25, -0.2) is 4.39 Å². The lowest BCUT2D eigenvalue weighted by Gasteiger charge is -2.26. The largest absolute Gasteiger partial charge is 0.493 e. The summed E-state index contributed by atoms with van der Waals surface area (Å²) in [4.78, 5) is 0. The molecule has 1 nitrogen and oxygen atoms in total. The van der Waals surface area contributed by atoms with Gasteiger partial charge in [0, 0.05) is 10.0 Å². The topological polar surface area (TPSA) is 9.23 Å². The molecule has 0 aliphatic carbocycles. The Labute approximate surface area is 159 Å². The van der Waals surface area contributed by atoms with Gasteiger partial charge < -0.3 is 4.74 Å². The van der Waals surface area contributed by atoms with E-state index in [2.05, 4.69) is 32.9 Å². The number of rotatable bonds is 4. The van der Waals surface area contributed by atoms with Gasteiger partial charge >= 0.3 is 0 Å². The van der Waals surface area contributed by atoms with Gasteiger partial charge in [-0.15, -0.1) is 0 Å². The Morgan fingerprint density at radius 3 is 2.44 bits per heavy atom. The van der Waals surface area contributed by atoms with Crippen LogP contribution in [0.4, 0.5) is 4.39 Å². The molecular formula is C21H23Cl2FO. The quantitative estimate of drug-likeness (QED) is 0.558. The average Bonchev–Trinajstić information content (AvgIpc) is 2.53. The normalized spacial score (nSPS) is 15.0. The monoisotopic (exact) mass is 380 g/mol. The molecule has 4 heteroatoms. The van der Waals surface area contributed by atoms with Crippen LogP contribution in [0.15, 0.2) is 24.3 Å². The first-order chi connectivity index (χ1) is 11.9. The van der Waals surface area contributed by atoms with Crippen LogP contribution < -0.4 is 4.74 Å². The first-order valence-electron chi connectivity index (χ1n) is 8.80. The summed E-state index contributed by atoms with van der Waals surface area (Å²) in [7, 11) is 0. The smallest absolute Gasteiger partial charge is 0.126 e. The van der Waals surface area contributed by atoms with Gasteiger partial charge in [-0.1, -0.05) is 56.1 Å². The van der Waals surface area contributed by atoms with E-state index in [1.54, 1.807) is 0 Å². The number of hydrogen-bond acceptors (Lipinski definition) is 1. The van der Waals surface area contributed by atoms with E-state index in [4.69, 9.17) is 27.9 Å². The molecule has 1 heterocycles. The van der Waals surface area contributed by atoms with Gasteiger partial charge in [-0.2, -0.15) is 0 Å². The SMILES string of the molecule is CC(C)c1ccc(CC(C)c2c(Cl)cc(F)cc2Cl)c2c1OCCC2. The Morgan fingerprint density at radius 2 is 1.80 bits per heavy atom. The molecule has 0 amide bonds. The van der Waals surface area contributed by atoms with Crippen LogP contribution in [0.5, 0.6) is 5.75 Å². The van der Waals surface area contributed by atoms with Crippen molar-refractivity contribution in [2.45, 2.75) is 51.9 Å². The molecule has 1 aliphatic heterocycles. The molecule has 0 aromatic heterocycles. The van der Waals surface area contributed by atoms with Gasteiger partial charge in [-0.3, -0.25) is 0 Å². The summed E-state index contributed by atoms with van der Waals surface area (Å²) in [6.45, 7) is 7.24. The third-order valence-electron chi connectivity index (χ3n) is 4.89. The van der Waals surface area contributed by atoms with Crippen molar-refractivity contribution in [1.82, 2.24) is 0 Å². The van der Waals surface area contributed by atoms with Crippen LogP contribution in [0.1, 0.15) is 61.3 Å². The van der Waals surface area contributed by atoms with E-state index in [1.807, 2.05) is 0 Å². The molecule has 0 saturated carbocycles. The van der Waals surface area contributed by atoms with Crippen LogP contribution >= 0.6 is 23.2 Å². The van der Waals surface area contributed by atoms with Crippen LogP contribution in [-0.4, -0.2) is 6.61 Å². The zero-order chi connectivity index (χ0) is 18.1. The summed E-state index contributed by atoms with van der Waals surface area (Å²) in [5.74, 6) is 1.18. The average molecular weight is 381 g/mol. The molecule has 0 spiro atoms. The highest BCUT2D eigenvalue weighted by Gasteiger charge is 2.23. The molecular weight excluding hydrogens is 358 g/mol. The number of halogens is 3. The number of fused-ring (bicyclic) bond motifs is 1. The number of ether oxygens (including phenoxy) is 1. The van der Waals surface area contributed by atoms with E-state index < -0.39 is 5.82 Å². The minimum atomic E-state index is -0.405. The molecule has 134 valence electrons. The van der Waals surface area contributed by atoms with E-state index in [0.717, 1.165) is 37.2 Å². The Kier molecular flexibility index (Phi) is 5.60. The lowest BCUT2D eigenvalue weighted by atomic mass is 9.86. The molecule has 1 atom stereocenters. The van der Waals surface area contributed by atoms with Gasteiger partial charge in [0.15, 0.2) is 0 Å². The van der Waals surface area contributed by atoms with Crippen molar-refractivity contribution in [3.8, 4) is 5.75 Å². The molecule has 0 radical (unpaired) electrons. The predicted octanol–water partition coefficient (Wildman–Crippen LogP) is 6.93. The van der Waals surface area contributed by atoms with Crippen molar-refractivity contribution < 1.29 is 9.13 Å². The number of hydrogen-bond donors (Lipinski definition) is 0. The highest BCUT2D eigenvalue weighted by Crippen LogP contribution is 2.39. The lowest BCUT2D eigenvalue weighted by Crippen LogP contribution is -2.14. The summed E-state index contributed by atoms with van der Waals surface area (Å²) >= 11 is 12.5. The maximum Gasteiger partial charge on any atom is 0.126 e. The highest BCUT2D eigenvalue weighted by molar-refractivity contribution is 6.36. The molecule has 0 N–H and O–H groups in total. The molecule has 2 aromatic carbocycles. The van der Waals surface area contributed by atoms with Crippen molar-refractivity contribution in [3.05, 3.63) is 62.4 Å². The second-order valence-corrected chi connectivity index (χ2v) is 7.93. The minimum absolute atomic E-state index is 0.0940. The fourth-order valence-electron chi connectivity index (χ4n) is 3.66. The molecule has 0 bridgehead atoms. The summed E-state index contributed by atoms with van der Waals surface area (Å²) < 4.78 is 19.5. The van der Waals surface area contributed by atoms with Crippen molar-refractivity contribution in [2.75, 3.05) is 6.61 Å². The second kappa shape index (κ2) is 7.55. The predicted molar refractivity (Wildman–Crippen MR) is 103 cm³/mol. The van der Waals surface area contributed by atoms with E-state index in [9.17, 15) is 4.39 Å². The first kappa shape index (κ1) is 18.5. The van der Waals surface area contributed by atoms with E-state index in [1.165, 1.54) is 28.8 Å². The van der Waals surface area contributed by atoms with Crippen LogP contribution in [-0.2, 0) is 12.8 Å². The zero-order valence-electron chi connectivity index (χ0n) is 14.8. The molecule has 0 saturated heterocycles. The number of benzene rings is 2. The van der Waals surface area contributed by atoms with Crippen LogP contribution in [0.3, 0.4) is 0 Å². The molecule has 0 fully saturated rings. The Balaban J connectivity index is 1.96. The first-order valence-corrected chi connectivity index (χ1v) is 9.56. The standard InChI is InChI=1S/C21H23Cl2FO/c1-12(2)16-7-6-14(17-5-4-8-25-21(16)17)9-13(3)20-18(22)10-15(24)11-19(20)23/h6-7,10-13H,4-5,8-9H2,1-3H3. The van der Waals surface area contributed by atoms with Crippen molar-refractivity contribution in [2.24, 2.45) is 0 Å². The molecule has 1 unspecified atom stereocenters. The fourth-order valence-corrected chi connectivity index (χ4v) is 4.49. The van der Waals surface area contributed by atoms with Gasteiger partial charge in [0.1, 0.15) is 11.6 Å². The molecule has 3 rings (SSSR count). The van der Waals surface area contributed by atoms with Gasteiger partial charge in [0.25, 0.3) is 0 Å². The fraction of sp³-hybridized carbons (Fsp3) is 0.429. The lowest BCUT2D eigenvalue weighted by molar-refractivity contribution is 0.283. The van der Waals surface area contributed by atoms with Crippen molar-refractivity contribution in [3.63, 3.8) is 0 Å². The van der Waals surface area contributed by atoms with E-state index in [0.29, 0.717) is 16.0 Å².